The summed E-state index contributed by atoms with van der Waals surface area (Å²) in [6.07, 6.45) is 4.62. The number of fused-ring (bicyclic) bond motifs is 1. The molecule has 1 heterocycles. The molecule has 4 rings (SSSR count). The third kappa shape index (κ3) is 5.17. The van der Waals surface area contributed by atoms with Crippen molar-refractivity contribution in [2.75, 3.05) is 0 Å². The van der Waals surface area contributed by atoms with Gasteiger partial charge in [-0.1, -0.05) is 97.7 Å². The fraction of sp³-hybridized carbons (Fsp3) is 0.240. The van der Waals surface area contributed by atoms with Gasteiger partial charge in [0.15, 0.2) is 5.17 Å². The number of nitrogens with zero attached hydrogens (tertiary/aromatic N) is 3. The molecule has 0 N–H and O–H groups in total. The van der Waals surface area contributed by atoms with Crippen LogP contribution in [-0.4, -0.2) is 27.4 Å². The quantitative estimate of drug-likeness (QED) is 0.304. The number of unbranched alkanes of at least 4 members (excludes halogenated alkanes) is 1. The molecule has 3 aromatic carbocycles. The molecule has 0 unspecified atom stereocenters. The molecule has 0 saturated carbocycles. The zero-order valence-electron chi connectivity index (χ0n) is 17.4. The van der Waals surface area contributed by atoms with Gasteiger partial charge in [0.2, 0.25) is 5.91 Å². The van der Waals surface area contributed by atoms with Gasteiger partial charge >= 0.3 is 0 Å². The number of benzene rings is 3. The Morgan fingerprint density at radius 3 is 2.65 bits per heavy atom. The van der Waals surface area contributed by atoms with Crippen LogP contribution < -0.4 is 0 Å². The minimum Gasteiger partial charge on any atom is -0.284 e. The van der Waals surface area contributed by atoms with E-state index in [-0.39, 0.29) is 11.2 Å². The predicted octanol–water partition coefficient (Wildman–Crippen LogP) is 6.52. The molecule has 1 aliphatic rings. The highest BCUT2D eigenvalue weighted by molar-refractivity contribution is 8.15. The van der Waals surface area contributed by atoms with Crippen LogP contribution in [0.1, 0.15) is 37.3 Å². The van der Waals surface area contributed by atoms with E-state index < -0.39 is 0 Å². The third-order valence-electron chi connectivity index (χ3n) is 5.27. The monoisotopic (exact) mass is 449 g/mol. The van der Waals surface area contributed by atoms with E-state index in [1.54, 1.807) is 11.1 Å². The number of amides is 1. The maximum Gasteiger partial charge on any atom is 0.242 e. The molecule has 0 aromatic heterocycles. The summed E-state index contributed by atoms with van der Waals surface area (Å²) in [6, 6.07) is 21.9. The molecule has 31 heavy (non-hydrogen) atoms. The Kier molecular flexibility index (Phi) is 7.05. The van der Waals surface area contributed by atoms with Gasteiger partial charge in [0.05, 0.1) is 18.0 Å². The van der Waals surface area contributed by atoms with Crippen LogP contribution in [0.2, 0.25) is 5.02 Å². The molecule has 3 aromatic rings. The van der Waals surface area contributed by atoms with E-state index >= 15 is 0 Å². The highest BCUT2D eigenvalue weighted by atomic mass is 35.5. The van der Waals surface area contributed by atoms with Crippen molar-refractivity contribution in [3.8, 4) is 0 Å². The number of halogens is 1. The fourth-order valence-electron chi connectivity index (χ4n) is 3.60. The van der Waals surface area contributed by atoms with Crippen LogP contribution in [0.5, 0.6) is 0 Å². The number of carbonyl (C=O) groups excluding carboxylic acids is 1. The third-order valence-corrected chi connectivity index (χ3v) is 6.76. The molecule has 0 aliphatic carbocycles. The zero-order chi connectivity index (χ0) is 21.6. The lowest BCUT2D eigenvalue weighted by Crippen LogP contribution is -2.31. The van der Waals surface area contributed by atoms with Gasteiger partial charge in [-0.3, -0.25) is 9.69 Å². The second kappa shape index (κ2) is 10.1. The maximum atomic E-state index is 13.2. The van der Waals surface area contributed by atoms with Gasteiger partial charge in [-0.15, -0.1) is 5.10 Å². The lowest BCUT2D eigenvalue weighted by molar-refractivity contribution is -0.126. The van der Waals surface area contributed by atoms with Crippen molar-refractivity contribution in [3.05, 3.63) is 82.9 Å². The Morgan fingerprint density at radius 2 is 1.84 bits per heavy atom. The van der Waals surface area contributed by atoms with Gasteiger partial charge in [0, 0.05) is 5.02 Å². The summed E-state index contributed by atoms with van der Waals surface area (Å²) in [6.45, 7) is 2.63. The molecule has 1 aliphatic heterocycles. The molecule has 1 atom stereocenters. The van der Waals surface area contributed by atoms with Crippen molar-refractivity contribution in [2.24, 2.45) is 10.2 Å². The van der Waals surface area contributed by atoms with Crippen molar-refractivity contribution in [2.45, 2.75) is 38.0 Å². The summed E-state index contributed by atoms with van der Waals surface area (Å²) < 4.78 is 0. The van der Waals surface area contributed by atoms with Gasteiger partial charge in [0.1, 0.15) is 0 Å². The molecule has 158 valence electrons. The molecule has 6 heteroatoms. The minimum atomic E-state index is -0.0978. The van der Waals surface area contributed by atoms with Crippen molar-refractivity contribution in [3.63, 3.8) is 0 Å². The first-order valence-electron chi connectivity index (χ1n) is 10.5. The summed E-state index contributed by atoms with van der Waals surface area (Å²) in [5, 5.41) is 12.3. The van der Waals surface area contributed by atoms with E-state index in [1.807, 2.05) is 42.5 Å². The number of amidine groups is 1. The first kappa shape index (κ1) is 21.6. The molecule has 1 saturated heterocycles. The predicted molar refractivity (Wildman–Crippen MR) is 132 cm³/mol. The van der Waals surface area contributed by atoms with E-state index in [9.17, 15) is 4.79 Å². The van der Waals surface area contributed by atoms with Crippen molar-refractivity contribution >= 4 is 51.4 Å². The number of carbonyl (C=O) groups is 1. The first-order chi connectivity index (χ1) is 15.2. The second-order valence-electron chi connectivity index (χ2n) is 7.49. The molecule has 0 spiro atoms. The summed E-state index contributed by atoms with van der Waals surface area (Å²) in [7, 11) is 0. The Morgan fingerprint density at radius 1 is 1.06 bits per heavy atom. The van der Waals surface area contributed by atoms with E-state index in [2.05, 4.69) is 41.4 Å². The standard InChI is InChI=1S/C25H24ClN3OS/c1-2-3-11-23-24(30)29(17-20-9-6-8-19-7-4-5-10-22(19)20)25(31-23)28-27-16-18-12-14-21(26)15-13-18/h4-10,12-16,23H,2-3,11,17H2,1H3/b27-16-,28-25+/t23-/m1/s1. The molecule has 4 nitrogen and oxygen atoms in total. The van der Waals surface area contributed by atoms with E-state index in [0.717, 1.165) is 35.8 Å². The van der Waals surface area contributed by atoms with Crippen LogP contribution in [0.4, 0.5) is 0 Å². The van der Waals surface area contributed by atoms with E-state index in [1.165, 1.54) is 17.1 Å². The largest absolute Gasteiger partial charge is 0.284 e. The van der Waals surface area contributed by atoms with Crippen LogP contribution in [0.25, 0.3) is 10.8 Å². The van der Waals surface area contributed by atoms with E-state index in [0.29, 0.717) is 16.7 Å². The van der Waals surface area contributed by atoms with Crippen LogP contribution in [0, 0.1) is 0 Å². The van der Waals surface area contributed by atoms with Crippen LogP contribution in [-0.2, 0) is 11.3 Å². The number of hydrogen-bond acceptors (Lipinski definition) is 4. The summed E-state index contributed by atoms with van der Waals surface area (Å²) >= 11 is 7.46. The maximum absolute atomic E-state index is 13.2. The Labute approximate surface area is 192 Å². The molecular weight excluding hydrogens is 426 g/mol. The number of rotatable bonds is 7. The minimum absolute atomic E-state index is 0.0978. The first-order valence-corrected chi connectivity index (χ1v) is 11.7. The number of hydrogen-bond donors (Lipinski definition) is 0. The summed E-state index contributed by atoms with van der Waals surface area (Å²) in [5.74, 6) is 0.117. The van der Waals surface area contributed by atoms with Crippen molar-refractivity contribution < 1.29 is 4.79 Å². The zero-order valence-corrected chi connectivity index (χ0v) is 18.9. The summed E-state index contributed by atoms with van der Waals surface area (Å²) in [5.41, 5.74) is 2.02. The van der Waals surface area contributed by atoms with E-state index in [4.69, 9.17) is 11.6 Å². The summed E-state index contributed by atoms with van der Waals surface area (Å²) in [4.78, 5) is 15.0. The highest BCUT2D eigenvalue weighted by Gasteiger charge is 2.37. The Hall–Kier alpha value is -2.63. The van der Waals surface area contributed by atoms with Crippen molar-refractivity contribution in [1.82, 2.24) is 4.90 Å². The molecule has 0 bridgehead atoms. The lowest BCUT2D eigenvalue weighted by atomic mass is 10.0. The van der Waals surface area contributed by atoms with Crippen LogP contribution >= 0.6 is 23.4 Å². The van der Waals surface area contributed by atoms with Gasteiger partial charge in [0.25, 0.3) is 0 Å². The van der Waals surface area contributed by atoms with Gasteiger partial charge in [-0.2, -0.15) is 5.10 Å². The Bertz CT molecular complexity index is 1120. The molecule has 0 radical (unpaired) electrons. The van der Waals surface area contributed by atoms with Crippen molar-refractivity contribution in [1.29, 1.82) is 0 Å². The Balaban J connectivity index is 1.61. The number of thioether (sulfide) groups is 1. The van der Waals surface area contributed by atoms with Gasteiger partial charge in [-0.05, 0) is 40.5 Å². The molecular formula is C25H24ClN3OS. The SMILES string of the molecule is CCCC[C@H]1S/C(=N/N=C\c2ccc(Cl)cc2)N(Cc2cccc3ccccc23)C1=O. The fourth-order valence-corrected chi connectivity index (χ4v) is 4.87. The average Bonchev–Trinajstić information content (AvgIpc) is 3.08. The van der Waals surface area contributed by atoms with Gasteiger partial charge < -0.3 is 0 Å². The van der Waals surface area contributed by atoms with Gasteiger partial charge in [-0.25, -0.2) is 0 Å². The molecule has 1 amide bonds. The smallest absolute Gasteiger partial charge is 0.242 e. The average molecular weight is 450 g/mol. The second-order valence-corrected chi connectivity index (χ2v) is 9.10. The van der Waals surface area contributed by atoms with Crippen LogP contribution in [0.3, 0.4) is 0 Å². The van der Waals surface area contributed by atoms with Crippen LogP contribution in [0.15, 0.2) is 76.9 Å². The topological polar surface area (TPSA) is 45.0 Å². The normalized spacial score (nSPS) is 18.0. The lowest BCUT2D eigenvalue weighted by Gasteiger charge is -2.17. The highest BCUT2D eigenvalue weighted by Crippen LogP contribution is 2.33. The molecule has 1 fully saturated rings.